The molecule has 19 heavy (non-hydrogen) atoms. The monoisotopic (exact) mass is 263 g/mol. The third kappa shape index (κ3) is 3.91. The molecule has 1 aromatic heterocycles. The number of rotatable bonds is 5. The lowest BCUT2D eigenvalue weighted by Crippen LogP contribution is -2.31. The Morgan fingerprint density at radius 1 is 1.53 bits per heavy atom. The highest BCUT2D eigenvalue weighted by molar-refractivity contribution is 5.38. The molecule has 1 aliphatic rings. The van der Waals surface area contributed by atoms with Crippen molar-refractivity contribution in [3.05, 3.63) is 23.9 Å². The zero-order chi connectivity index (χ0) is 13.7. The van der Waals surface area contributed by atoms with E-state index in [2.05, 4.69) is 41.3 Å². The van der Waals surface area contributed by atoms with Gasteiger partial charge < -0.3 is 15.0 Å². The number of aromatic nitrogens is 1. The van der Waals surface area contributed by atoms with Crippen molar-refractivity contribution in [3.8, 4) is 0 Å². The summed E-state index contributed by atoms with van der Waals surface area (Å²) in [7, 11) is 4.08. The maximum absolute atomic E-state index is 5.53. The first kappa shape index (κ1) is 14.3. The van der Waals surface area contributed by atoms with Gasteiger partial charge in [-0.2, -0.15) is 0 Å². The molecule has 4 nitrogen and oxygen atoms in total. The average molecular weight is 263 g/mol. The van der Waals surface area contributed by atoms with Crippen LogP contribution in [0.4, 0.5) is 5.82 Å². The van der Waals surface area contributed by atoms with Crippen molar-refractivity contribution in [2.75, 3.05) is 38.8 Å². The number of nitrogens with one attached hydrogen (secondary N) is 1. The minimum absolute atomic E-state index is 0.346. The number of ether oxygens (including phenoxy) is 1. The first-order chi connectivity index (χ1) is 9.20. The zero-order valence-electron chi connectivity index (χ0n) is 12.2. The molecule has 1 fully saturated rings. The smallest absolute Gasteiger partial charge is 0.128 e. The second-order valence-corrected chi connectivity index (χ2v) is 5.42. The largest absolute Gasteiger partial charge is 0.381 e. The van der Waals surface area contributed by atoms with E-state index in [0.717, 1.165) is 25.6 Å². The SMILES string of the molecule is CNC(C)c1ccc(N(C)CC2CCCOC2)nc1. The normalized spacial score (nSPS) is 21.1. The van der Waals surface area contributed by atoms with Gasteiger partial charge in [-0.1, -0.05) is 6.07 Å². The van der Waals surface area contributed by atoms with Gasteiger partial charge >= 0.3 is 0 Å². The van der Waals surface area contributed by atoms with Crippen molar-refractivity contribution in [2.45, 2.75) is 25.8 Å². The second kappa shape index (κ2) is 6.87. The fraction of sp³-hybridized carbons (Fsp3) is 0.667. The van der Waals surface area contributed by atoms with E-state index >= 15 is 0 Å². The van der Waals surface area contributed by atoms with Crippen molar-refractivity contribution >= 4 is 5.82 Å². The molecule has 0 aliphatic carbocycles. The summed E-state index contributed by atoms with van der Waals surface area (Å²) in [5, 5.41) is 3.23. The predicted octanol–water partition coefficient (Wildman–Crippen LogP) is 2.22. The van der Waals surface area contributed by atoms with E-state index in [0.29, 0.717) is 12.0 Å². The molecule has 1 aliphatic heterocycles. The standard InChI is InChI=1S/C15H25N3O/c1-12(16-2)14-6-7-15(17-9-14)18(3)10-13-5-4-8-19-11-13/h6-7,9,12-13,16H,4-5,8,10-11H2,1-3H3. The molecule has 2 unspecified atom stereocenters. The molecule has 0 radical (unpaired) electrons. The molecule has 106 valence electrons. The van der Waals surface area contributed by atoms with Gasteiger partial charge in [-0.15, -0.1) is 0 Å². The Labute approximate surface area is 116 Å². The van der Waals surface area contributed by atoms with Crippen LogP contribution in [-0.2, 0) is 4.74 Å². The van der Waals surface area contributed by atoms with Gasteiger partial charge in [0.2, 0.25) is 0 Å². The van der Waals surface area contributed by atoms with E-state index in [4.69, 9.17) is 4.74 Å². The van der Waals surface area contributed by atoms with Crippen LogP contribution in [-0.4, -0.2) is 38.8 Å². The van der Waals surface area contributed by atoms with Crippen molar-refractivity contribution in [3.63, 3.8) is 0 Å². The van der Waals surface area contributed by atoms with Gasteiger partial charge in [0, 0.05) is 32.4 Å². The molecule has 0 amide bonds. The van der Waals surface area contributed by atoms with E-state index in [9.17, 15) is 0 Å². The average Bonchev–Trinajstić information content (AvgIpc) is 2.47. The van der Waals surface area contributed by atoms with Gasteiger partial charge in [0.15, 0.2) is 0 Å². The van der Waals surface area contributed by atoms with E-state index < -0.39 is 0 Å². The Bertz CT molecular complexity index is 373. The Hall–Kier alpha value is -1.13. The first-order valence-electron chi connectivity index (χ1n) is 7.13. The van der Waals surface area contributed by atoms with Crippen LogP contribution < -0.4 is 10.2 Å². The Morgan fingerprint density at radius 2 is 2.37 bits per heavy atom. The minimum Gasteiger partial charge on any atom is -0.381 e. The quantitative estimate of drug-likeness (QED) is 0.884. The second-order valence-electron chi connectivity index (χ2n) is 5.42. The van der Waals surface area contributed by atoms with Crippen LogP contribution in [0.5, 0.6) is 0 Å². The van der Waals surface area contributed by atoms with E-state index in [1.54, 1.807) is 0 Å². The van der Waals surface area contributed by atoms with Gasteiger partial charge in [0.1, 0.15) is 5.82 Å². The van der Waals surface area contributed by atoms with Crippen LogP contribution in [0.1, 0.15) is 31.4 Å². The predicted molar refractivity (Wildman–Crippen MR) is 78.5 cm³/mol. The Kier molecular flexibility index (Phi) is 5.16. The zero-order valence-corrected chi connectivity index (χ0v) is 12.2. The highest BCUT2D eigenvalue weighted by Gasteiger charge is 2.16. The highest BCUT2D eigenvalue weighted by Crippen LogP contribution is 2.19. The molecular formula is C15H25N3O. The summed E-state index contributed by atoms with van der Waals surface area (Å²) in [6, 6.07) is 4.60. The first-order valence-corrected chi connectivity index (χ1v) is 7.13. The number of nitrogens with zero attached hydrogens (tertiary/aromatic N) is 2. The van der Waals surface area contributed by atoms with E-state index in [1.165, 1.54) is 18.4 Å². The molecule has 2 heterocycles. The topological polar surface area (TPSA) is 37.4 Å². The van der Waals surface area contributed by atoms with E-state index in [1.807, 2.05) is 13.2 Å². The summed E-state index contributed by atoms with van der Waals surface area (Å²) in [4.78, 5) is 6.79. The molecule has 4 heteroatoms. The van der Waals surface area contributed by atoms with Gasteiger partial charge in [0.05, 0.1) is 6.61 Å². The molecule has 1 aromatic rings. The fourth-order valence-electron chi connectivity index (χ4n) is 2.48. The van der Waals surface area contributed by atoms with Crippen LogP contribution in [0, 0.1) is 5.92 Å². The Morgan fingerprint density at radius 3 is 2.95 bits per heavy atom. The van der Waals surface area contributed by atoms with Gasteiger partial charge in [-0.25, -0.2) is 4.98 Å². The van der Waals surface area contributed by atoms with Crippen molar-refractivity contribution in [1.82, 2.24) is 10.3 Å². The lowest BCUT2D eigenvalue weighted by Gasteiger charge is -2.27. The van der Waals surface area contributed by atoms with Gasteiger partial charge in [-0.05, 0) is 44.4 Å². The molecule has 0 spiro atoms. The molecular weight excluding hydrogens is 238 g/mol. The number of hydrogen-bond donors (Lipinski definition) is 1. The molecule has 0 saturated carbocycles. The number of hydrogen-bond acceptors (Lipinski definition) is 4. The van der Waals surface area contributed by atoms with Gasteiger partial charge in [-0.3, -0.25) is 0 Å². The molecule has 0 bridgehead atoms. The van der Waals surface area contributed by atoms with Gasteiger partial charge in [0.25, 0.3) is 0 Å². The number of anilines is 1. The van der Waals surface area contributed by atoms with Crippen LogP contribution in [0.2, 0.25) is 0 Å². The van der Waals surface area contributed by atoms with Crippen LogP contribution in [0.25, 0.3) is 0 Å². The molecule has 1 saturated heterocycles. The summed E-state index contributed by atoms with van der Waals surface area (Å²) in [5.74, 6) is 1.68. The summed E-state index contributed by atoms with van der Waals surface area (Å²) in [5.41, 5.74) is 1.22. The minimum atomic E-state index is 0.346. The summed E-state index contributed by atoms with van der Waals surface area (Å²) >= 11 is 0. The highest BCUT2D eigenvalue weighted by atomic mass is 16.5. The lowest BCUT2D eigenvalue weighted by molar-refractivity contribution is 0.0576. The third-order valence-electron chi connectivity index (χ3n) is 3.88. The molecule has 2 atom stereocenters. The molecule has 1 N–H and O–H groups in total. The molecule has 2 rings (SSSR count). The summed E-state index contributed by atoms with van der Waals surface area (Å²) in [6.45, 7) is 4.97. The Balaban J connectivity index is 1.93. The van der Waals surface area contributed by atoms with Crippen LogP contribution >= 0.6 is 0 Å². The number of pyridine rings is 1. The summed E-state index contributed by atoms with van der Waals surface area (Å²) < 4.78 is 5.53. The van der Waals surface area contributed by atoms with Crippen molar-refractivity contribution in [2.24, 2.45) is 5.92 Å². The summed E-state index contributed by atoms with van der Waals surface area (Å²) in [6.07, 6.45) is 4.41. The third-order valence-corrected chi connectivity index (χ3v) is 3.88. The molecule has 0 aromatic carbocycles. The maximum Gasteiger partial charge on any atom is 0.128 e. The fourth-order valence-corrected chi connectivity index (χ4v) is 2.48. The van der Waals surface area contributed by atoms with E-state index in [-0.39, 0.29) is 0 Å². The lowest BCUT2D eigenvalue weighted by atomic mass is 10.0. The van der Waals surface area contributed by atoms with Crippen molar-refractivity contribution < 1.29 is 4.74 Å². The van der Waals surface area contributed by atoms with Crippen molar-refractivity contribution in [1.29, 1.82) is 0 Å². The van der Waals surface area contributed by atoms with Crippen LogP contribution in [0.3, 0.4) is 0 Å². The maximum atomic E-state index is 5.53. The van der Waals surface area contributed by atoms with Crippen LogP contribution in [0.15, 0.2) is 18.3 Å².